The highest BCUT2D eigenvalue weighted by molar-refractivity contribution is 6.00. The number of nitrogens with one attached hydrogen (secondary N) is 2. The second kappa shape index (κ2) is 9.05. The lowest BCUT2D eigenvalue weighted by Crippen LogP contribution is -2.18. The van der Waals surface area contributed by atoms with Crippen LogP contribution >= 0.6 is 0 Å². The molecule has 0 radical (unpaired) electrons. The van der Waals surface area contributed by atoms with Crippen molar-refractivity contribution in [2.75, 3.05) is 6.61 Å². The predicted octanol–water partition coefficient (Wildman–Crippen LogP) is 4.78. The van der Waals surface area contributed by atoms with E-state index in [1.807, 2.05) is 66.7 Å². The Bertz CT molecular complexity index is 1170. The first-order valence-electron chi connectivity index (χ1n) is 9.84. The Morgan fingerprint density at radius 1 is 1.10 bits per heavy atom. The summed E-state index contributed by atoms with van der Waals surface area (Å²) in [5.41, 5.74) is 5.40. The molecule has 0 saturated carbocycles. The van der Waals surface area contributed by atoms with Gasteiger partial charge in [-0.05, 0) is 47.5 Å². The predicted molar refractivity (Wildman–Crippen MR) is 119 cm³/mol. The standard InChI is InChI=1S/C24H22N4O2/c1-2-14-30-20-12-10-18(11-13-20)22-15-23(27-26-22)24(29)28-25-16-19-8-5-7-17-6-3-4-9-21(17)19/h3-13,15-16H,2,14H2,1H3,(H,26,27)(H,28,29)/b25-16-. The molecule has 1 aromatic heterocycles. The van der Waals surface area contributed by atoms with Crippen LogP contribution < -0.4 is 10.2 Å². The number of benzene rings is 3. The molecule has 0 atom stereocenters. The molecule has 1 heterocycles. The Balaban J connectivity index is 1.42. The van der Waals surface area contributed by atoms with Crippen molar-refractivity contribution in [2.24, 2.45) is 5.10 Å². The second-order valence-electron chi connectivity index (χ2n) is 6.81. The molecule has 0 bridgehead atoms. The average molecular weight is 398 g/mol. The summed E-state index contributed by atoms with van der Waals surface area (Å²) in [7, 11) is 0. The molecule has 30 heavy (non-hydrogen) atoms. The van der Waals surface area contributed by atoms with Gasteiger partial charge in [-0.25, -0.2) is 5.43 Å². The van der Waals surface area contributed by atoms with E-state index in [0.717, 1.165) is 34.1 Å². The van der Waals surface area contributed by atoms with E-state index in [-0.39, 0.29) is 5.91 Å². The number of amides is 1. The summed E-state index contributed by atoms with van der Waals surface area (Å²) in [5, 5.41) is 13.3. The van der Waals surface area contributed by atoms with Crippen molar-refractivity contribution in [3.8, 4) is 17.0 Å². The van der Waals surface area contributed by atoms with Gasteiger partial charge in [0.25, 0.3) is 5.91 Å². The van der Waals surface area contributed by atoms with E-state index in [4.69, 9.17) is 4.74 Å². The van der Waals surface area contributed by atoms with Crippen LogP contribution in [0, 0.1) is 0 Å². The van der Waals surface area contributed by atoms with Crippen molar-refractivity contribution in [1.82, 2.24) is 15.6 Å². The minimum Gasteiger partial charge on any atom is -0.494 e. The Morgan fingerprint density at radius 2 is 1.90 bits per heavy atom. The van der Waals surface area contributed by atoms with Gasteiger partial charge in [-0.1, -0.05) is 49.4 Å². The number of hydrazone groups is 1. The summed E-state index contributed by atoms with van der Waals surface area (Å²) >= 11 is 0. The number of hydrogen-bond donors (Lipinski definition) is 2. The van der Waals surface area contributed by atoms with Gasteiger partial charge in [-0.2, -0.15) is 10.2 Å². The fraction of sp³-hybridized carbons (Fsp3) is 0.125. The van der Waals surface area contributed by atoms with E-state index in [9.17, 15) is 4.79 Å². The Morgan fingerprint density at radius 3 is 2.73 bits per heavy atom. The second-order valence-corrected chi connectivity index (χ2v) is 6.81. The molecule has 2 N–H and O–H groups in total. The van der Waals surface area contributed by atoms with E-state index in [1.165, 1.54) is 0 Å². The first kappa shape index (κ1) is 19.4. The zero-order valence-electron chi connectivity index (χ0n) is 16.6. The summed E-state index contributed by atoms with van der Waals surface area (Å²) in [6, 6.07) is 23.3. The van der Waals surface area contributed by atoms with Crippen molar-refractivity contribution < 1.29 is 9.53 Å². The summed E-state index contributed by atoms with van der Waals surface area (Å²) in [6.07, 6.45) is 2.61. The van der Waals surface area contributed by atoms with Crippen molar-refractivity contribution in [1.29, 1.82) is 0 Å². The van der Waals surface area contributed by atoms with E-state index >= 15 is 0 Å². The molecule has 4 aromatic rings. The highest BCUT2D eigenvalue weighted by atomic mass is 16.5. The molecular formula is C24H22N4O2. The minimum absolute atomic E-state index is 0.339. The maximum Gasteiger partial charge on any atom is 0.289 e. The van der Waals surface area contributed by atoms with Crippen molar-refractivity contribution >= 4 is 22.9 Å². The van der Waals surface area contributed by atoms with Gasteiger partial charge < -0.3 is 4.74 Å². The number of rotatable bonds is 7. The van der Waals surface area contributed by atoms with Gasteiger partial charge in [-0.3, -0.25) is 9.89 Å². The van der Waals surface area contributed by atoms with Gasteiger partial charge in [-0.15, -0.1) is 0 Å². The molecule has 3 aromatic carbocycles. The topological polar surface area (TPSA) is 79.4 Å². The van der Waals surface area contributed by atoms with Crippen molar-refractivity contribution in [2.45, 2.75) is 13.3 Å². The lowest BCUT2D eigenvalue weighted by atomic mass is 10.1. The number of fused-ring (bicyclic) bond motifs is 1. The third-order valence-corrected chi connectivity index (χ3v) is 4.64. The fourth-order valence-corrected chi connectivity index (χ4v) is 3.11. The largest absolute Gasteiger partial charge is 0.494 e. The quantitative estimate of drug-likeness (QED) is 0.347. The number of carbonyl (C=O) groups is 1. The molecule has 1 amide bonds. The minimum atomic E-state index is -0.354. The van der Waals surface area contributed by atoms with Crippen LogP contribution in [0.1, 0.15) is 29.4 Å². The summed E-state index contributed by atoms with van der Waals surface area (Å²) in [5.74, 6) is 0.463. The van der Waals surface area contributed by atoms with E-state index < -0.39 is 0 Å². The maximum atomic E-state index is 12.4. The Kier molecular flexibility index (Phi) is 5.85. The molecule has 0 fully saturated rings. The van der Waals surface area contributed by atoms with Gasteiger partial charge in [0.2, 0.25) is 0 Å². The number of carbonyl (C=O) groups excluding carboxylic acids is 1. The van der Waals surface area contributed by atoms with Crippen molar-refractivity contribution in [3.05, 3.63) is 84.1 Å². The fourth-order valence-electron chi connectivity index (χ4n) is 3.11. The Hall–Kier alpha value is -3.93. The van der Waals surface area contributed by atoms with Crippen LogP contribution in [-0.2, 0) is 0 Å². The van der Waals surface area contributed by atoms with Crippen LogP contribution in [0.4, 0.5) is 0 Å². The van der Waals surface area contributed by atoms with Crippen LogP contribution in [0.5, 0.6) is 5.75 Å². The molecule has 150 valence electrons. The highest BCUT2D eigenvalue weighted by Gasteiger charge is 2.10. The van der Waals surface area contributed by atoms with Gasteiger partial charge in [0, 0.05) is 11.1 Å². The highest BCUT2D eigenvalue weighted by Crippen LogP contribution is 2.21. The van der Waals surface area contributed by atoms with E-state index in [0.29, 0.717) is 18.0 Å². The van der Waals surface area contributed by atoms with Crippen LogP contribution in [0.15, 0.2) is 77.9 Å². The number of aromatic nitrogens is 2. The van der Waals surface area contributed by atoms with Gasteiger partial charge in [0.15, 0.2) is 0 Å². The number of H-pyrrole nitrogens is 1. The third-order valence-electron chi connectivity index (χ3n) is 4.64. The first-order chi connectivity index (χ1) is 14.7. The molecule has 0 aliphatic heterocycles. The SMILES string of the molecule is CCCOc1ccc(-c2cc(C(=O)N/N=C\c3cccc4ccccc34)[nH]n2)cc1. The maximum absolute atomic E-state index is 12.4. The van der Waals surface area contributed by atoms with Crippen LogP contribution in [0.2, 0.25) is 0 Å². The number of ether oxygens (including phenoxy) is 1. The van der Waals surface area contributed by atoms with Gasteiger partial charge in [0.1, 0.15) is 11.4 Å². The Labute approximate surface area is 174 Å². The molecular weight excluding hydrogens is 376 g/mol. The number of hydrogen-bond acceptors (Lipinski definition) is 4. The molecule has 6 heteroatoms. The number of nitrogens with zero attached hydrogens (tertiary/aromatic N) is 2. The molecule has 0 aliphatic rings. The smallest absolute Gasteiger partial charge is 0.289 e. The monoisotopic (exact) mass is 398 g/mol. The van der Waals surface area contributed by atoms with Crippen LogP contribution in [0.3, 0.4) is 0 Å². The number of aromatic amines is 1. The zero-order valence-corrected chi connectivity index (χ0v) is 16.6. The lowest BCUT2D eigenvalue weighted by molar-refractivity contribution is 0.0950. The molecule has 0 unspecified atom stereocenters. The molecule has 6 nitrogen and oxygen atoms in total. The molecule has 0 aliphatic carbocycles. The molecule has 4 rings (SSSR count). The molecule has 0 saturated heterocycles. The van der Waals surface area contributed by atoms with Crippen molar-refractivity contribution in [3.63, 3.8) is 0 Å². The third kappa shape index (κ3) is 4.38. The normalized spacial score (nSPS) is 11.1. The van der Waals surface area contributed by atoms with Crippen LogP contribution in [-0.4, -0.2) is 28.9 Å². The van der Waals surface area contributed by atoms with E-state index in [1.54, 1.807) is 12.3 Å². The summed E-state index contributed by atoms with van der Waals surface area (Å²) < 4.78 is 5.59. The van der Waals surface area contributed by atoms with Gasteiger partial charge >= 0.3 is 0 Å². The van der Waals surface area contributed by atoms with Crippen LogP contribution in [0.25, 0.3) is 22.0 Å². The van der Waals surface area contributed by atoms with E-state index in [2.05, 4.69) is 27.6 Å². The summed E-state index contributed by atoms with van der Waals surface area (Å²) in [6.45, 7) is 2.75. The average Bonchev–Trinajstić information content (AvgIpc) is 3.28. The van der Waals surface area contributed by atoms with Gasteiger partial charge in [0.05, 0.1) is 18.5 Å². The zero-order chi connectivity index (χ0) is 20.8. The molecule has 0 spiro atoms. The first-order valence-corrected chi connectivity index (χ1v) is 9.84. The summed E-state index contributed by atoms with van der Waals surface area (Å²) in [4.78, 5) is 12.4. The lowest BCUT2D eigenvalue weighted by Gasteiger charge is -2.04.